The molecule has 2 N–H and O–H groups in total. The normalized spacial score (nSPS) is 11.7. The first-order chi connectivity index (χ1) is 11.3. The first kappa shape index (κ1) is 17.9. The molecule has 0 saturated heterocycles. The van der Waals surface area contributed by atoms with Crippen molar-refractivity contribution in [2.45, 2.75) is 16.7 Å². The van der Waals surface area contributed by atoms with Crippen LogP contribution < -0.4 is 9.44 Å². The molecule has 0 unspecified atom stereocenters. The van der Waals surface area contributed by atoms with E-state index in [1.54, 1.807) is 6.92 Å². The van der Waals surface area contributed by atoms with Gasteiger partial charge in [0.25, 0.3) is 10.0 Å². The van der Waals surface area contributed by atoms with Crippen molar-refractivity contribution in [1.82, 2.24) is 4.72 Å². The lowest BCUT2D eigenvalue weighted by Gasteiger charge is -2.09. The van der Waals surface area contributed by atoms with Crippen LogP contribution in [0.4, 0.5) is 5.69 Å². The summed E-state index contributed by atoms with van der Waals surface area (Å²) in [5.74, 6) is 0. The summed E-state index contributed by atoms with van der Waals surface area (Å²) in [5.41, 5.74) is 0.442. The first-order valence-electron chi connectivity index (χ1n) is 6.91. The minimum Gasteiger partial charge on any atom is -0.280 e. The Hall–Kier alpha value is -2.41. The molecule has 24 heavy (non-hydrogen) atoms. The van der Waals surface area contributed by atoms with E-state index in [0.717, 1.165) is 0 Å². The maximum absolute atomic E-state index is 12.3. The summed E-state index contributed by atoms with van der Waals surface area (Å²) in [4.78, 5) is -0.00956. The maximum Gasteiger partial charge on any atom is 0.261 e. The summed E-state index contributed by atoms with van der Waals surface area (Å²) in [6.07, 6.45) is 0. The molecule has 0 saturated carbocycles. The van der Waals surface area contributed by atoms with Gasteiger partial charge in [0.15, 0.2) is 0 Å². The number of hydrogen-bond acceptors (Lipinski definition) is 5. The Morgan fingerprint density at radius 1 is 0.958 bits per heavy atom. The summed E-state index contributed by atoms with van der Waals surface area (Å²) < 4.78 is 53.0. The van der Waals surface area contributed by atoms with E-state index in [0.29, 0.717) is 0 Å². The lowest BCUT2D eigenvalue weighted by molar-refractivity contribution is 0.584. The summed E-state index contributed by atoms with van der Waals surface area (Å²) in [6, 6.07) is 12.8. The van der Waals surface area contributed by atoms with Crippen molar-refractivity contribution in [3.8, 4) is 6.07 Å². The Balaban J connectivity index is 2.26. The fraction of sp³-hybridized carbons (Fsp3) is 0.133. The van der Waals surface area contributed by atoms with Crippen molar-refractivity contribution in [2.75, 3.05) is 11.3 Å². The van der Waals surface area contributed by atoms with Crippen LogP contribution in [0.3, 0.4) is 0 Å². The quantitative estimate of drug-likeness (QED) is 0.807. The van der Waals surface area contributed by atoms with Crippen molar-refractivity contribution in [2.24, 2.45) is 0 Å². The van der Waals surface area contributed by atoms with Crippen molar-refractivity contribution in [1.29, 1.82) is 5.26 Å². The molecule has 0 atom stereocenters. The molecule has 0 heterocycles. The SMILES string of the molecule is CCNS(=O)(=O)c1ccc(NS(=O)(=O)c2cccc(C#N)c2)cc1. The number of hydrogen-bond donors (Lipinski definition) is 2. The lowest BCUT2D eigenvalue weighted by atomic mass is 10.2. The third kappa shape index (κ3) is 4.11. The van der Waals surface area contributed by atoms with Crippen molar-refractivity contribution >= 4 is 25.7 Å². The van der Waals surface area contributed by atoms with E-state index in [-0.39, 0.29) is 27.6 Å². The molecule has 0 bridgehead atoms. The molecule has 2 aromatic carbocycles. The second-order valence-corrected chi connectivity index (χ2v) is 8.22. The van der Waals surface area contributed by atoms with Gasteiger partial charge in [-0.3, -0.25) is 4.72 Å². The van der Waals surface area contributed by atoms with Crippen LogP contribution in [-0.2, 0) is 20.0 Å². The molecule has 2 aromatic rings. The number of nitrogens with zero attached hydrogens (tertiary/aromatic N) is 1. The summed E-state index contributed by atoms with van der Waals surface area (Å²) >= 11 is 0. The molecule has 0 aliphatic heterocycles. The highest BCUT2D eigenvalue weighted by Gasteiger charge is 2.16. The molecule has 0 aromatic heterocycles. The number of sulfonamides is 2. The Morgan fingerprint density at radius 3 is 2.21 bits per heavy atom. The molecular weight excluding hydrogens is 350 g/mol. The number of anilines is 1. The third-order valence-corrected chi connectivity index (χ3v) is 5.97. The number of rotatable bonds is 6. The zero-order valence-corrected chi connectivity index (χ0v) is 14.4. The molecule has 0 amide bonds. The Labute approximate surface area is 141 Å². The molecule has 9 heteroatoms. The van der Waals surface area contributed by atoms with E-state index in [9.17, 15) is 16.8 Å². The van der Waals surface area contributed by atoms with Crippen LogP contribution in [0.2, 0.25) is 0 Å². The highest BCUT2D eigenvalue weighted by Crippen LogP contribution is 2.19. The molecule has 0 aliphatic carbocycles. The molecule has 0 radical (unpaired) electrons. The van der Waals surface area contributed by atoms with E-state index in [2.05, 4.69) is 9.44 Å². The van der Waals surface area contributed by atoms with Gasteiger partial charge in [-0.25, -0.2) is 21.6 Å². The average Bonchev–Trinajstić information content (AvgIpc) is 2.55. The largest absolute Gasteiger partial charge is 0.280 e. The van der Waals surface area contributed by atoms with Gasteiger partial charge in [0.05, 0.1) is 21.4 Å². The molecule has 126 valence electrons. The molecule has 0 aliphatic rings. The van der Waals surface area contributed by atoms with Crippen LogP contribution >= 0.6 is 0 Å². The van der Waals surface area contributed by atoms with E-state index in [4.69, 9.17) is 5.26 Å². The summed E-state index contributed by atoms with van der Waals surface area (Å²) in [7, 11) is -7.47. The second kappa shape index (κ2) is 7.00. The maximum atomic E-state index is 12.3. The topological polar surface area (TPSA) is 116 Å². The van der Waals surface area contributed by atoms with Gasteiger partial charge in [-0.1, -0.05) is 13.0 Å². The fourth-order valence-corrected chi connectivity index (χ4v) is 4.07. The number of benzene rings is 2. The predicted molar refractivity (Wildman–Crippen MR) is 89.3 cm³/mol. The minimum absolute atomic E-state index is 0.0405. The van der Waals surface area contributed by atoms with Gasteiger partial charge in [0.1, 0.15) is 0 Å². The number of nitrogens with one attached hydrogen (secondary N) is 2. The number of nitriles is 1. The average molecular weight is 365 g/mol. The van der Waals surface area contributed by atoms with Crippen LogP contribution in [0.1, 0.15) is 12.5 Å². The Morgan fingerprint density at radius 2 is 1.62 bits per heavy atom. The fourth-order valence-electron chi connectivity index (χ4n) is 1.92. The highest BCUT2D eigenvalue weighted by atomic mass is 32.2. The molecule has 0 fully saturated rings. The second-order valence-electron chi connectivity index (χ2n) is 4.77. The van der Waals surface area contributed by atoms with Crippen molar-refractivity contribution in [3.63, 3.8) is 0 Å². The lowest BCUT2D eigenvalue weighted by Crippen LogP contribution is -2.23. The van der Waals surface area contributed by atoms with E-state index in [1.165, 1.54) is 48.5 Å². The predicted octanol–water partition coefficient (Wildman–Crippen LogP) is 1.66. The van der Waals surface area contributed by atoms with E-state index < -0.39 is 20.0 Å². The molecule has 7 nitrogen and oxygen atoms in total. The zero-order chi connectivity index (χ0) is 17.8. The van der Waals surface area contributed by atoms with Crippen molar-refractivity contribution < 1.29 is 16.8 Å². The van der Waals surface area contributed by atoms with Crippen LogP contribution in [0.15, 0.2) is 58.3 Å². The first-order valence-corrected chi connectivity index (χ1v) is 9.88. The van der Waals surface area contributed by atoms with Gasteiger partial charge in [0.2, 0.25) is 10.0 Å². The standard InChI is InChI=1S/C15H15N3O4S2/c1-2-17-23(19,20)14-8-6-13(7-9-14)18-24(21,22)15-5-3-4-12(10-15)11-16/h3-10,17-18H,2H2,1H3. The Bertz CT molecular complexity index is 976. The summed E-state index contributed by atoms with van der Waals surface area (Å²) in [6.45, 7) is 1.92. The van der Waals surface area contributed by atoms with E-state index in [1.807, 2.05) is 6.07 Å². The zero-order valence-electron chi connectivity index (χ0n) is 12.7. The molecule has 0 spiro atoms. The van der Waals surface area contributed by atoms with Gasteiger partial charge in [-0.05, 0) is 42.5 Å². The van der Waals surface area contributed by atoms with Gasteiger partial charge in [-0.2, -0.15) is 5.26 Å². The van der Waals surface area contributed by atoms with Crippen LogP contribution in [-0.4, -0.2) is 23.4 Å². The van der Waals surface area contributed by atoms with Gasteiger partial charge in [-0.15, -0.1) is 0 Å². The monoisotopic (exact) mass is 365 g/mol. The van der Waals surface area contributed by atoms with Crippen LogP contribution in [0.5, 0.6) is 0 Å². The highest BCUT2D eigenvalue weighted by molar-refractivity contribution is 7.92. The van der Waals surface area contributed by atoms with Crippen LogP contribution in [0.25, 0.3) is 0 Å². The van der Waals surface area contributed by atoms with E-state index >= 15 is 0 Å². The van der Waals surface area contributed by atoms with Gasteiger partial charge in [0, 0.05) is 12.2 Å². The smallest absolute Gasteiger partial charge is 0.261 e. The summed E-state index contributed by atoms with van der Waals surface area (Å²) in [5, 5.41) is 8.84. The van der Waals surface area contributed by atoms with Crippen molar-refractivity contribution in [3.05, 3.63) is 54.1 Å². The third-order valence-electron chi connectivity index (χ3n) is 3.02. The molecule has 2 rings (SSSR count). The van der Waals surface area contributed by atoms with Crippen LogP contribution in [0, 0.1) is 11.3 Å². The minimum atomic E-state index is -3.87. The van der Waals surface area contributed by atoms with Gasteiger partial charge >= 0.3 is 0 Å². The Kier molecular flexibility index (Phi) is 5.23. The van der Waals surface area contributed by atoms with Gasteiger partial charge < -0.3 is 0 Å². The molecular formula is C15H15N3O4S2.